The number of thioether (sulfide) groups is 1. The molecule has 0 saturated heterocycles. The molecule has 0 aliphatic rings. The Kier molecular flexibility index (Phi) is 7.29. The highest BCUT2D eigenvalue weighted by Crippen LogP contribution is 2.29. The van der Waals surface area contributed by atoms with Gasteiger partial charge in [-0.15, -0.1) is 0 Å². The lowest BCUT2D eigenvalue weighted by molar-refractivity contribution is -0.138. The Labute approximate surface area is 158 Å². The van der Waals surface area contributed by atoms with Gasteiger partial charge in [0.05, 0.1) is 18.4 Å². The molecule has 0 aliphatic carbocycles. The zero-order valence-electron chi connectivity index (χ0n) is 14.3. The molecule has 0 spiro atoms. The summed E-state index contributed by atoms with van der Waals surface area (Å²) in [5.74, 6) is -0.0485. The molecule has 4 nitrogen and oxygen atoms in total. The predicted molar refractivity (Wildman–Crippen MR) is 98.6 cm³/mol. The van der Waals surface area contributed by atoms with Crippen molar-refractivity contribution in [1.82, 2.24) is 0 Å². The van der Waals surface area contributed by atoms with Gasteiger partial charge in [0, 0.05) is 17.2 Å². The Morgan fingerprint density at radius 1 is 1.04 bits per heavy atom. The van der Waals surface area contributed by atoms with E-state index >= 15 is 0 Å². The highest BCUT2D eigenvalue weighted by Gasteiger charge is 2.29. The maximum absolute atomic E-state index is 12.5. The number of benzene rings is 2. The Hall–Kier alpha value is -2.48. The number of rotatable bonds is 8. The fourth-order valence-electron chi connectivity index (χ4n) is 2.29. The molecule has 27 heavy (non-hydrogen) atoms. The van der Waals surface area contributed by atoms with Gasteiger partial charge in [-0.3, -0.25) is 9.59 Å². The number of carbonyl (C=O) groups excluding carboxylic acids is 1. The second-order valence-corrected chi connectivity index (χ2v) is 6.92. The molecule has 0 radical (unpaired) electrons. The molecule has 0 fully saturated rings. The number of carboxylic acids is 1. The minimum absolute atomic E-state index is 0.0320. The minimum atomic E-state index is -4.40. The van der Waals surface area contributed by atoms with E-state index in [4.69, 9.17) is 5.11 Å². The summed E-state index contributed by atoms with van der Waals surface area (Å²) in [6.07, 6.45) is -4.34. The number of carboxylic acid groups (broad SMARTS) is 1. The fraction of sp³-hybridized carbons (Fsp3) is 0.263. The van der Waals surface area contributed by atoms with Crippen LogP contribution in [0, 0.1) is 0 Å². The summed E-state index contributed by atoms with van der Waals surface area (Å²) in [5, 5.41) is 11.3. The molecule has 2 N–H and O–H groups in total. The fourth-order valence-corrected chi connectivity index (χ4v) is 3.17. The summed E-state index contributed by atoms with van der Waals surface area (Å²) in [5.41, 5.74) is 1.27. The van der Waals surface area contributed by atoms with Crippen molar-refractivity contribution in [3.05, 3.63) is 65.2 Å². The van der Waals surface area contributed by atoms with Crippen LogP contribution in [0.15, 0.2) is 48.5 Å². The third-order valence-electron chi connectivity index (χ3n) is 3.59. The van der Waals surface area contributed by atoms with Crippen molar-refractivity contribution >= 4 is 29.3 Å². The van der Waals surface area contributed by atoms with Crippen molar-refractivity contribution in [3.8, 4) is 0 Å². The van der Waals surface area contributed by atoms with E-state index < -0.39 is 17.7 Å². The quantitative estimate of drug-likeness (QED) is 0.639. The SMILES string of the molecule is O=C(O)CCSCc1cccc(NC(=O)Cc2ccc(C(F)(F)F)cc2)c1. The molecule has 1 amide bonds. The van der Waals surface area contributed by atoms with Crippen molar-refractivity contribution < 1.29 is 27.9 Å². The number of aliphatic carboxylic acids is 1. The van der Waals surface area contributed by atoms with Gasteiger partial charge in [-0.2, -0.15) is 24.9 Å². The maximum atomic E-state index is 12.5. The first-order chi connectivity index (χ1) is 12.7. The number of nitrogens with one attached hydrogen (secondary N) is 1. The van der Waals surface area contributed by atoms with Crippen molar-refractivity contribution in [3.63, 3.8) is 0 Å². The van der Waals surface area contributed by atoms with Crippen LogP contribution in [0.2, 0.25) is 0 Å². The van der Waals surface area contributed by atoms with Crippen LogP contribution in [-0.4, -0.2) is 22.7 Å². The van der Waals surface area contributed by atoms with Crippen molar-refractivity contribution in [2.24, 2.45) is 0 Å². The van der Waals surface area contributed by atoms with E-state index in [0.29, 0.717) is 22.8 Å². The zero-order chi connectivity index (χ0) is 19.9. The van der Waals surface area contributed by atoms with Crippen molar-refractivity contribution in [1.29, 1.82) is 0 Å². The Balaban J connectivity index is 1.88. The van der Waals surface area contributed by atoms with Gasteiger partial charge in [-0.05, 0) is 35.4 Å². The highest BCUT2D eigenvalue weighted by molar-refractivity contribution is 7.98. The molecule has 0 heterocycles. The van der Waals surface area contributed by atoms with Gasteiger partial charge in [-0.25, -0.2) is 0 Å². The molecule has 0 aromatic heterocycles. The van der Waals surface area contributed by atoms with Crippen LogP contribution in [-0.2, 0) is 27.9 Å². The summed E-state index contributed by atoms with van der Waals surface area (Å²) in [7, 11) is 0. The number of amides is 1. The summed E-state index contributed by atoms with van der Waals surface area (Å²) < 4.78 is 37.6. The molecule has 2 rings (SSSR count). The van der Waals surface area contributed by atoms with Gasteiger partial charge in [0.1, 0.15) is 0 Å². The molecular formula is C19H18F3NO3S. The van der Waals surface area contributed by atoms with Gasteiger partial charge in [0.15, 0.2) is 0 Å². The summed E-state index contributed by atoms with van der Waals surface area (Å²) >= 11 is 1.48. The molecule has 0 atom stereocenters. The summed E-state index contributed by atoms with van der Waals surface area (Å²) in [4.78, 5) is 22.6. The van der Waals surface area contributed by atoms with Crippen LogP contribution >= 0.6 is 11.8 Å². The molecule has 2 aromatic rings. The maximum Gasteiger partial charge on any atom is 0.416 e. The molecule has 144 valence electrons. The predicted octanol–water partition coefficient (Wildman–Crippen LogP) is 4.59. The van der Waals surface area contributed by atoms with Crippen LogP contribution in [0.5, 0.6) is 0 Å². The van der Waals surface area contributed by atoms with E-state index in [1.807, 2.05) is 6.07 Å². The van der Waals surface area contributed by atoms with E-state index in [1.54, 1.807) is 18.2 Å². The third-order valence-corrected chi connectivity index (χ3v) is 4.62. The topological polar surface area (TPSA) is 66.4 Å². The number of carbonyl (C=O) groups is 2. The van der Waals surface area contributed by atoms with Crippen LogP contribution in [0.3, 0.4) is 0 Å². The first kappa shape index (κ1) is 20.8. The lowest BCUT2D eigenvalue weighted by Gasteiger charge is -2.09. The van der Waals surface area contributed by atoms with Crippen LogP contribution in [0.25, 0.3) is 0 Å². The average molecular weight is 397 g/mol. The van der Waals surface area contributed by atoms with Crippen LogP contribution < -0.4 is 5.32 Å². The van der Waals surface area contributed by atoms with Gasteiger partial charge in [0.25, 0.3) is 0 Å². The van der Waals surface area contributed by atoms with E-state index in [2.05, 4.69) is 5.32 Å². The average Bonchev–Trinajstić information content (AvgIpc) is 2.58. The molecule has 8 heteroatoms. The van der Waals surface area contributed by atoms with Gasteiger partial charge in [0.2, 0.25) is 5.91 Å². The largest absolute Gasteiger partial charge is 0.481 e. The summed E-state index contributed by atoms with van der Waals surface area (Å²) in [6, 6.07) is 11.7. The first-order valence-electron chi connectivity index (χ1n) is 8.08. The van der Waals surface area contributed by atoms with Crippen LogP contribution in [0.4, 0.5) is 18.9 Å². The lowest BCUT2D eigenvalue weighted by atomic mass is 10.1. The van der Waals surface area contributed by atoms with Crippen LogP contribution in [0.1, 0.15) is 23.1 Å². The molecule has 0 unspecified atom stereocenters. The number of alkyl halides is 3. The van der Waals surface area contributed by atoms with E-state index in [0.717, 1.165) is 17.7 Å². The number of hydrogen-bond donors (Lipinski definition) is 2. The minimum Gasteiger partial charge on any atom is -0.481 e. The Morgan fingerprint density at radius 2 is 1.74 bits per heavy atom. The monoisotopic (exact) mass is 397 g/mol. The smallest absolute Gasteiger partial charge is 0.416 e. The number of hydrogen-bond acceptors (Lipinski definition) is 3. The highest BCUT2D eigenvalue weighted by atomic mass is 32.2. The van der Waals surface area contributed by atoms with Gasteiger partial charge < -0.3 is 10.4 Å². The second kappa shape index (κ2) is 9.45. The molecule has 0 aliphatic heterocycles. The second-order valence-electron chi connectivity index (χ2n) is 5.82. The molecule has 2 aromatic carbocycles. The van der Waals surface area contributed by atoms with Gasteiger partial charge >= 0.3 is 12.1 Å². The van der Waals surface area contributed by atoms with Gasteiger partial charge in [-0.1, -0.05) is 24.3 Å². The Bertz CT molecular complexity index is 792. The molecule has 0 saturated carbocycles. The van der Waals surface area contributed by atoms with E-state index in [1.165, 1.54) is 23.9 Å². The third kappa shape index (κ3) is 7.34. The summed E-state index contributed by atoms with van der Waals surface area (Å²) in [6.45, 7) is 0. The molecule has 0 bridgehead atoms. The zero-order valence-corrected chi connectivity index (χ0v) is 15.1. The van der Waals surface area contributed by atoms with Crippen molar-refractivity contribution in [2.45, 2.75) is 24.8 Å². The Morgan fingerprint density at radius 3 is 2.37 bits per heavy atom. The van der Waals surface area contributed by atoms with E-state index in [-0.39, 0.29) is 18.7 Å². The lowest BCUT2D eigenvalue weighted by Crippen LogP contribution is -2.14. The number of anilines is 1. The normalized spacial score (nSPS) is 11.2. The molecular weight excluding hydrogens is 379 g/mol. The standard InChI is InChI=1S/C19H18F3NO3S/c20-19(21,22)15-6-4-13(5-7-15)11-17(24)23-16-3-1-2-14(10-16)12-27-9-8-18(25)26/h1-7,10H,8-9,11-12H2,(H,23,24)(H,25,26). The van der Waals surface area contributed by atoms with Crippen molar-refractivity contribution in [2.75, 3.05) is 11.1 Å². The number of halogens is 3. The van der Waals surface area contributed by atoms with E-state index in [9.17, 15) is 22.8 Å². The first-order valence-corrected chi connectivity index (χ1v) is 9.24.